The Balaban J connectivity index is 2.19. The van der Waals surface area contributed by atoms with Crippen molar-refractivity contribution >= 4 is 17.2 Å². The number of allylic oxidation sites excluding steroid dienone is 4. The Hall–Kier alpha value is -2.00. The SMILES string of the molecule is C/C=C(\C=C(\C)C(C)=O)C(C)=Nc1cc(CNC(C(C)CCC)C2CCCC2)ccc1C. The maximum atomic E-state index is 11.6. The third-order valence-corrected chi connectivity index (χ3v) is 7.02. The molecule has 3 nitrogen and oxygen atoms in total. The molecule has 2 atom stereocenters. The van der Waals surface area contributed by atoms with Crippen molar-refractivity contribution in [2.75, 3.05) is 0 Å². The number of benzene rings is 1. The van der Waals surface area contributed by atoms with Gasteiger partial charge in [0.2, 0.25) is 0 Å². The molecular formula is C29H44N2O. The summed E-state index contributed by atoms with van der Waals surface area (Å²) in [6, 6.07) is 7.22. The maximum Gasteiger partial charge on any atom is 0.155 e. The van der Waals surface area contributed by atoms with Crippen molar-refractivity contribution in [2.24, 2.45) is 16.8 Å². The molecule has 1 aliphatic carbocycles. The fourth-order valence-electron chi connectivity index (χ4n) is 4.88. The number of ketones is 1. The van der Waals surface area contributed by atoms with Crippen molar-refractivity contribution < 1.29 is 4.79 Å². The van der Waals surface area contributed by atoms with Gasteiger partial charge in [-0.2, -0.15) is 0 Å². The van der Waals surface area contributed by atoms with Crippen LogP contribution < -0.4 is 5.32 Å². The Kier molecular flexibility index (Phi) is 10.6. The summed E-state index contributed by atoms with van der Waals surface area (Å²) in [7, 11) is 0. The normalized spacial score (nSPS) is 18.2. The summed E-state index contributed by atoms with van der Waals surface area (Å²) in [6.45, 7) is 15.2. The van der Waals surface area contributed by atoms with Gasteiger partial charge in [-0.25, -0.2) is 0 Å². The van der Waals surface area contributed by atoms with Crippen molar-refractivity contribution in [2.45, 2.75) is 99.6 Å². The van der Waals surface area contributed by atoms with Gasteiger partial charge in [0.25, 0.3) is 0 Å². The second kappa shape index (κ2) is 12.9. The van der Waals surface area contributed by atoms with E-state index in [-0.39, 0.29) is 5.78 Å². The lowest BCUT2D eigenvalue weighted by Crippen LogP contribution is -2.40. The third kappa shape index (κ3) is 7.55. The fraction of sp³-hybridized carbons (Fsp3) is 0.586. The van der Waals surface area contributed by atoms with Crippen LogP contribution >= 0.6 is 0 Å². The van der Waals surface area contributed by atoms with E-state index in [0.717, 1.165) is 35.0 Å². The molecule has 176 valence electrons. The fourth-order valence-corrected chi connectivity index (χ4v) is 4.88. The van der Waals surface area contributed by atoms with Crippen LogP contribution in [-0.4, -0.2) is 17.5 Å². The van der Waals surface area contributed by atoms with Crippen LogP contribution in [0.1, 0.15) is 91.2 Å². The molecule has 1 fully saturated rings. The second-order valence-corrected chi connectivity index (χ2v) is 9.66. The number of nitrogens with one attached hydrogen (secondary N) is 1. The lowest BCUT2D eigenvalue weighted by atomic mass is 9.85. The van der Waals surface area contributed by atoms with Crippen LogP contribution in [0.15, 0.2) is 46.5 Å². The van der Waals surface area contributed by atoms with Gasteiger partial charge >= 0.3 is 0 Å². The van der Waals surface area contributed by atoms with Crippen LogP contribution in [0.5, 0.6) is 0 Å². The molecule has 1 aliphatic rings. The first-order valence-electron chi connectivity index (χ1n) is 12.5. The van der Waals surface area contributed by atoms with Crippen LogP contribution in [0.2, 0.25) is 0 Å². The number of aliphatic imine (C=N–C) groups is 1. The van der Waals surface area contributed by atoms with Gasteiger partial charge < -0.3 is 5.32 Å². The number of carbonyl (C=O) groups excluding carboxylic acids is 1. The predicted octanol–water partition coefficient (Wildman–Crippen LogP) is 7.65. The zero-order valence-electron chi connectivity index (χ0n) is 21.4. The minimum atomic E-state index is 0.0931. The summed E-state index contributed by atoms with van der Waals surface area (Å²) < 4.78 is 0. The largest absolute Gasteiger partial charge is 0.309 e. The molecule has 0 bridgehead atoms. The molecule has 1 aromatic carbocycles. The highest BCUT2D eigenvalue weighted by Crippen LogP contribution is 2.32. The topological polar surface area (TPSA) is 41.5 Å². The highest BCUT2D eigenvalue weighted by Gasteiger charge is 2.28. The molecular weight excluding hydrogens is 392 g/mol. The Morgan fingerprint density at radius 2 is 1.91 bits per heavy atom. The smallest absolute Gasteiger partial charge is 0.155 e. The van der Waals surface area contributed by atoms with Gasteiger partial charge in [0, 0.05) is 18.3 Å². The number of carbonyl (C=O) groups is 1. The molecule has 32 heavy (non-hydrogen) atoms. The number of nitrogens with zero attached hydrogens (tertiary/aromatic N) is 1. The maximum absolute atomic E-state index is 11.6. The van der Waals surface area contributed by atoms with Crippen LogP contribution in [0.25, 0.3) is 0 Å². The molecule has 0 aliphatic heterocycles. The summed E-state index contributed by atoms with van der Waals surface area (Å²) >= 11 is 0. The molecule has 1 saturated carbocycles. The number of hydrogen-bond acceptors (Lipinski definition) is 3. The number of rotatable bonds is 11. The van der Waals surface area contributed by atoms with Crippen LogP contribution in [0.4, 0.5) is 5.69 Å². The lowest BCUT2D eigenvalue weighted by Gasteiger charge is -2.30. The average molecular weight is 437 g/mol. The van der Waals surface area contributed by atoms with E-state index in [1.807, 2.05) is 32.9 Å². The van der Waals surface area contributed by atoms with E-state index in [9.17, 15) is 4.79 Å². The second-order valence-electron chi connectivity index (χ2n) is 9.66. The minimum Gasteiger partial charge on any atom is -0.309 e. The van der Waals surface area contributed by atoms with Crippen molar-refractivity contribution in [3.63, 3.8) is 0 Å². The summed E-state index contributed by atoms with van der Waals surface area (Å²) in [5.41, 5.74) is 6.14. The number of aryl methyl sites for hydroxylation is 1. The Morgan fingerprint density at radius 1 is 1.22 bits per heavy atom. The van der Waals surface area contributed by atoms with E-state index < -0.39 is 0 Å². The molecule has 0 saturated heterocycles. The highest BCUT2D eigenvalue weighted by molar-refractivity contribution is 6.04. The van der Waals surface area contributed by atoms with Gasteiger partial charge in [0.15, 0.2) is 5.78 Å². The van der Waals surface area contributed by atoms with E-state index >= 15 is 0 Å². The summed E-state index contributed by atoms with van der Waals surface area (Å²) in [5, 5.41) is 3.93. The number of Topliss-reactive ketones (excluding diaryl/α,β-unsaturated/α-hetero) is 1. The van der Waals surface area contributed by atoms with Crippen molar-refractivity contribution in [3.05, 3.63) is 52.6 Å². The summed E-state index contributed by atoms with van der Waals surface area (Å²) in [5.74, 6) is 1.62. The quantitative estimate of drug-likeness (QED) is 0.220. The Bertz CT molecular complexity index is 856. The molecule has 2 unspecified atom stereocenters. The first-order chi connectivity index (χ1) is 15.3. The van der Waals surface area contributed by atoms with Gasteiger partial charge in [-0.1, -0.05) is 51.3 Å². The summed E-state index contributed by atoms with van der Waals surface area (Å²) in [6.07, 6.45) is 12.0. The van der Waals surface area contributed by atoms with E-state index in [1.54, 1.807) is 6.92 Å². The summed E-state index contributed by atoms with van der Waals surface area (Å²) in [4.78, 5) is 16.6. The van der Waals surface area contributed by atoms with Crippen LogP contribution in [0.3, 0.4) is 0 Å². The standard InChI is InChI=1S/C29H44N2O/c1-8-12-21(4)29(27-13-10-11-14-27)30-19-25-16-15-20(3)28(18-25)31-23(6)26(9-2)17-22(5)24(7)32/h9,15-18,21,27,29-30H,8,10-14,19H2,1-7H3/b22-17-,26-9+,31-23?. The number of hydrogen-bond donors (Lipinski definition) is 1. The zero-order chi connectivity index (χ0) is 23.7. The van der Waals surface area contributed by atoms with Gasteiger partial charge in [-0.3, -0.25) is 9.79 Å². The molecule has 1 aromatic rings. The van der Waals surface area contributed by atoms with E-state index in [4.69, 9.17) is 4.99 Å². The van der Waals surface area contributed by atoms with Crippen molar-refractivity contribution in [1.29, 1.82) is 0 Å². The first-order valence-corrected chi connectivity index (χ1v) is 12.5. The average Bonchev–Trinajstić information content (AvgIpc) is 3.28. The van der Waals surface area contributed by atoms with Crippen LogP contribution in [-0.2, 0) is 11.3 Å². The molecule has 2 rings (SSSR count). The molecule has 0 radical (unpaired) electrons. The highest BCUT2D eigenvalue weighted by atomic mass is 16.1. The van der Waals surface area contributed by atoms with Crippen molar-refractivity contribution in [1.82, 2.24) is 5.32 Å². The predicted molar refractivity (Wildman–Crippen MR) is 139 cm³/mol. The zero-order valence-corrected chi connectivity index (χ0v) is 21.4. The van der Waals surface area contributed by atoms with Crippen molar-refractivity contribution in [3.8, 4) is 0 Å². The monoisotopic (exact) mass is 436 g/mol. The molecule has 0 heterocycles. The first kappa shape index (κ1) is 26.3. The van der Waals surface area contributed by atoms with Gasteiger partial charge in [-0.15, -0.1) is 0 Å². The molecule has 3 heteroatoms. The molecule has 0 spiro atoms. The Morgan fingerprint density at radius 3 is 2.50 bits per heavy atom. The van der Waals surface area contributed by atoms with Gasteiger partial charge in [0.05, 0.1) is 5.69 Å². The molecule has 0 aromatic heterocycles. The van der Waals surface area contributed by atoms with E-state index in [0.29, 0.717) is 12.0 Å². The molecule has 0 amide bonds. The molecule has 1 N–H and O–H groups in total. The minimum absolute atomic E-state index is 0.0931. The Labute approximate surface area is 196 Å². The third-order valence-electron chi connectivity index (χ3n) is 7.02. The van der Waals surface area contributed by atoms with Crippen LogP contribution in [0, 0.1) is 18.8 Å². The van der Waals surface area contributed by atoms with E-state index in [2.05, 4.69) is 44.3 Å². The van der Waals surface area contributed by atoms with E-state index in [1.165, 1.54) is 49.7 Å². The van der Waals surface area contributed by atoms with Gasteiger partial charge in [0.1, 0.15) is 0 Å². The van der Waals surface area contributed by atoms with Gasteiger partial charge in [-0.05, 0) is 100 Å². The lowest BCUT2D eigenvalue weighted by molar-refractivity contribution is -0.113.